The fourth-order valence-electron chi connectivity index (χ4n) is 2.87. The molecule has 0 aromatic heterocycles. The Hall–Kier alpha value is -1.57. The van der Waals surface area contributed by atoms with E-state index < -0.39 is 0 Å². The second kappa shape index (κ2) is 3.73. The SMILES string of the molecule is Cc1ccccc1C(=O)OC12C=CC(CC1)C2. The third kappa shape index (κ3) is 1.78. The second-order valence-electron chi connectivity index (χ2n) is 5.13. The lowest BCUT2D eigenvalue weighted by Crippen LogP contribution is -2.28. The van der Waals surface area contributed by atoms with Crippen LogP contribution in [0, 0.1) is 12.8 Å². The average Bonchev–Trinajstić information content (AvgIpc) is 2.89. The molecule has 0 amide bonds. The molecule has 2 aliphatic rings. The number of hydrogen-bond acceptors (Lipinski definition) is 2. The first-order valence-corrected chi connectivity index (χ1v) is 6.17. The maximum atomic E-state index is 12.1. The van der Waals surface area contributed by atoms with Crippen molar-refractivity contribution in [2.24, 2.45) is 5.92 Å². The van der Waals surface area contributed by atoms with Gasteiger partial charge in [0.1, 0.15) is 5.60 Å². The molecule has 2 nitrogen and oxygen atoms in total. The van der Waals surface area contributed by atoms with Crippen LogP contribution in [0.4, 0.5) is 0 Å². The first-order valence-electron chi connectivity index (χ1n) is 6.17. The zero-order valence-corrected chi connectivity index (χ0v) is 9.98. The molecular formula is C15H16O2. The van der Waals surface area contributed by atoms with Gasteiger partial charge < -0.3 is 4.74 Å². The van der Waals surface area contributed by atoms with Crippen LogP contribution in [0.5, 0.6) is 0 Å². The van der Waals surface area contributed by atoms with E-state index in [9.17, 15) is 4.79 Å². The number of carbonyl (C=O) groups is 1. The normalized spacial score (nSPS) is 29.6. The molecule has 2 unspecified atom stereocenters. The zero-order chi connectivity index (χ0) is 11.9. The summed E-state index contributed by atoms with van der Waals surface area (Å²) in [5.41, 5.74) is 1.36. The van der Waals surface area contributed by atoms with Gasteiger partial charge in [-0.05, 0) is 49.8 Å². The summed E-state index contributed by atoms with van der Waals surface area (Å²) in [4.78, 5) is 12.1. The van der Waals surface area contributed by atoms with Crippen molar-refractivity contribution in [3.8, 4) is 0 Å². The van der Waals surface area contributed by atoms with E-state index in [0.29, 0.717) is 11.5 Å². The Balaban J connectivity index is 1.81. The van der Waals surface area contributed by atoms with Gasteiger partial charge in [0, 0.05) is 0 Å². The van der Waals surface area contributed by atoms with Crippen molar-refractivity contribution in [2.75, 3.05) is 0 Å². The van der Waals surface area contributed by atoms with Gasteiger partial charge in [-0.3, -0.25) is 0 Å². The lowest BCUT2D eigenvalue weighted by Gasteiger charge is -2.24. The third-order valence-electron chi connectivity index (χ3n) is 3.88. The predicted octanol–water partition coefficient (Wildman–Crippen LogP) is 3.26. The van der Waals surface area contributed by atoms with Crippen molar-refractivity contribution < 1.29 is 9.53 Å². The number of aryl methyl sites for hydroxylation is 1. The summed E-state index contributed by atoms with van der Waals surface area (Å²) in [5, 5.41) is 0. The highest BCUT2D eigenvalue weighted by atomic mass is 16.6. The molecule has 0 heterocycles. The Bertz CT molecular complexity index is 489. The summed E-state index contributed by atoms with van der Waals surface area (Å²) in [6, 6.07) is 7.59. The Morgan fingerprint density at radius 1 is 1.41 bits per heavy atom. The first kappa shape index (κ1) is 10.6. The highest BCUT2D eigenvalue weighted by Crippen LogP contribution is 2.45. The molecule has 0 aliphatic heterocycles. The highest BCUT2D eigenvalue weighted by Gasteiger charge is 2.44. The lowest BCUT2D eigenvalue weighted by molar-refractivity contribution is 0.00768. The largest absolute Gasteiger partial charge is 0.451 e. The van der Waals surface area contributed by atoms with Crippen LogP contribution in [-0.2, 0) is 4.74 Å². The summed E-state index contributed by atoms with van der Waals surface area (Å²) in [6.45, 7) is 1.94. The van der Waals surface area contributed by atoms with Crippen LogP contribution in [0.25, 0.3) is 0 Å². The van der Waals surface area contributed by atoms with Gasteiger partial charge in [-0.1, -0.05) is 24.3 Å². The number of hydrogen-bond donors (Lipinski definition) is 0. The fraction of sp³-hybridized carbons (Fsp3) is 0.400. The number of allylic oxidation sites excluding steroid dienone is 1. The molecule has 0 radical (unpaired) electrons. The van der Waals surface area contributed by atoms with Crippen LogP contribution < -0.4 is 0 Å². The Kier molecular flexibility index (Phi) is 2.32. The van der Waals surface area contributed by atoms with Gasteiger partial charge >= 0.3 is 5.97 Å². The van der Waals surface area contributed by atoms with E-state index in [1.165, 1.54) is 0 Å². The van der Waals surface area contributed by atoms with E-state index in [0.717, 1.165) is 24.8 Å². The minimum atomic E-state index is -0.302. The van der Waals surface area contributed by atoms with Gasteiger partial charge in [0.25, 0.3) is 0 Å². The number of ether oxygens (including phenoxy) is 1. The van der Waals surface area contributed by atoms with Gasteiger partial charge in [0.05, 0.1) is 5.56 Å². The predicted molar refractivity (Wildman–Crippen MR) is 65.8 cm³/mol. The molecule has 0 saturated heterocycles. The molecular weight excluding hydrogens is 212 g/mol. The zero-order valence-electron chi connectivity index (χ0n) is 9.98. The van der Waals surface area contributed by atoms with E-state index in [1.54, 1.807) is 0 Å². The molecule has 2 atom stereocenters. The van der Waals surface area contributed by atoms with Crippen molar-refractivity contribution >= 4 is 5.97 Å². The van der Waals surface area contributed by atoms with Gasteiger partial charge in [0.15, 0.2) is 0 Å². The van der Waals surface area contributed by atoms with E-state index in [-0.39, 0.29) is 11.6 Å². The smallest absolute Gasteiger partial charge is 0.339 e. The van der Waals surface area contributed by atoms with Crippen molar-refractivity contribution in [2.45, 2.75) is 31.8 Å². The molecule has 3 rings (SSSR count). The van der Waals surface area contributed by atoms with Gasteiger partial charge in [-0.2, -0.15) is 0 Å². The minimum absolute atomic E-state index is 0.185. The maximum Gasteiger partial charge on any atom is 0.339 e. The maximum absolute atomic E-state index is 12.1. The van der Waals surface area contributed by atoms with Crippen molar-refractivity contribution in [3.05, 3.63) is 47.5 Å². The molecule has 1 saturated carbocycles. The van der Waals surface area contributed by atoms with Crippen LogP contribution in [0.1, 0.15) is 35.2 Å². The molecule has 2 bridgehead atoms. The molecule has 88 valence electrons. The van der Waals surface area contributed by atoms with Crippen LogP contribution in [0.15, 0.2) is 36.4 Å². The summed E-state index contributed by atoms with van der Waals surface area (Å²) in [7, 11) is 0. The molecule has 1 aromatic rings. The molecule has 1 fully saturated rings. The molecule has 2 aliphatic carbocycles. The molecule has 17 heavy (non-hydrogen) atoms. The summed E-state index contributed by atoms with van der Waals surface area (Å²) in [6.07, 6.45) is 7.37. The van der Waals surface area contributed by atoms with E-state index in [1.807, 2.05) is 31.2 Å². The number of fused-ring (bicyclic) bond motifs is 2. The molecule has 2 heteroatoms. The first-order chi connectivity index (χ1) is 8.19. The second-order valence-corrected chi connectivity index (χ2v) is 5.13. The topological polar surface area (TPSA) is 26.3 Å². The van der Waals surface area contributed by atoms with Crippen molar-refractivity contribution in [1.82, 2.24) is 0 Å². The van der Waals surface area contributed by atoms with E-state index >= 15 is 0 Å². The Morgan fingerprint density at radius 2 is 2.24 bits per heavy atom. The Labute approximate surface area is 101 Å². The van der Waals surface area contributed by atoms with Crippen LogP contribution >= 0.6 is 0 Å². The van der Waals surface area contributed by atoms with Gasteiger partial charge in [-0.15, -0.1) is 0 Å². The molecule has 1 aromatic carbocycles. The number of esters is 1. The van der Waals surface area contributed by atoms with Crippen molar-refractivity contribution in [3.63, 3.8) is 0 Å². The monoisotopic (exact) mass is 228 g/mol. The number of benzene rings is 1. The molecule has 0 N–H and O–H groups in total. The van der Waals surface area contributed by atoms with Gasteiger partial charge in [-0.25, -0.2) is 4.79 Å². The quantitative estimate of drug-likeness (QED) is 0.573. The van der Waals surface area contributed by atoms with Gasteiger partial charge in [0.2, 0.25) is 0 Å². The number of rotatable bonds is 2. The Morgan fingerprint density at radius 3 is 2.82 bits per heavy atom. The minimum Gasteiger partial charge on any atom is -0.451 e. The summed E-state index contributed by atoms with van der Waals surface area (Å²) >= 11 is 0. The van der Waals surface area contributed by atoms with E-state index in [2.05, 4.69) is 12.2 Å². The lowest BCUT2D eigenvalue weighted by atomic mass is 10.0. The average molecular weight is 228 g/mol. The van der Waals surface area contributed by atoms with Crippen LogP contribution in [0.3, 0.4) is 0 Å². The third-order valence-corrected chi connectivity index (χ3v) is 3.88. The molecule has 0 spiro atoms. The standard InChI is InChI=1S/C15H16O2/c1-11-4-2-3-5-13(11)14(16)17-15-8-6-12(10-15)7-9-15/h2-6,8,12H,7,9-10H2,1H3. The number of carbonyl (C=O) groups excluding carboxylic acids is 1. The highest BCUT2D eigenvalue weighted by molar-refractivity contribution is 5.91. The van der Waals surface area contributed by atoms with E-state index in [4.69, 9.17) is 4.74 Å². The van der Waals surface area contributed by atoms with Crippen LogP contribution in [-0.4, -0.2) is 11.6 Å². The summed E-state index contributed by atoms with van der Waals surface area (Å²) < 4.78 is 5.73. The van der Waals surface area contributed by atoms with Crippen LogP contribution in [0.2, 0.25) is 0 Å². The fourth-order valence-corrected chi connectivity index (χ4v) is 2.87. The summed E-state index contributed by atoms with van der Waals surface area (Å²) in [5.74, 6) is 0.440. The van der Waals surface area contributed by atoms with Crippen molar-refractivity contribution in [1.29, 1.82) is 0 Å².